The maximum atomic E-state index is 5.43. The number of nitrogens with two attached hydrogens (primary N) is 1. The topological polar surface area (TPSA) is 65.7 Å². The fraction of sp³-hybridized carbons (Fsp3) is 0.917. The van der Waals surface area contributed by atoms with Crippen LogP contribution in [0, 0.1) is 0 Å². The normalized spacial score (nSPS) is 18.3. The van der Waals surface area contributed by atoms with E-state index in [4.69, 9.17) is 5.84 Å². The number of hydrogen-bond acceptors (Lipinski definition) is 3. The Morgan fingerprint density at radius 1 is 1.53 bits per heavy atom. The second-order valence-electron chi connectivity index (χ2n) is 4.86. The molecule has 1 atom stereocenters. The minimum atomic E-state index is 0.471. The van der Waals surface area contributed by atoms with Crippen molar-refractivity contribution in [2.24, 2.45) is 10.8 Å². The molecule has 0 saturated heterocycles. The molecule has 0 bridgehead atoms. The van der Waals surface area contributed by atoms with Crippen LogP contribution in [0.4, 0.5) is 0 Å². The lowest BCUT2D eigenvalue weighted by Crippen LogP contribution is -2.43. The lowest BCUT2D eigenvalue weighted by atomic mass is 10.3. The van der Waals surface area contributed by atoms with Crippen LogP contribution in [0.5, 0.6) is 0 Å². The summed E-state index contributed by atoms with van der Waals surface area (Å²) in [4.78, 5) is 6.88. The van der Waals surface area contributed by atoms with Gasteiger partial charge in [-0.25, -0.2) is 5.84 Å². The zero-order valence-electron chi connectivity index (χ0n) is 11.4. The maximum absolute atomic E-state index is 5.43. The van der Waals surface area contributed by atoms with Crippen LogP contribution >= 0.6 is 0 Å². The highest BCUT2D eigenvalue weighted by Gasteiger charge is 2.28. The number of rotatable bonds is 7. The first-order valence-electron chi connectivity index (χ1n) is 6.65. The summed E-state index contributed by atoms with van der Waals surface area (Å²) < 4.78 is 0. The first kappa shape index (κ1) is 14.3. The van der Waals surface area contributed by atoms with Crippen LogP contribution < -0.4 is 16.6 Å². The summed E-state index contributed by atoms with van der Waals surface area (Å²) in [7, 11) is 2.18. The number of hydrogen-bond donors (Lipinski definition) is 3. The number of unbranched alkanes of at least 4 members (excludes halogenated alkanes) is 1. The Bertz CT molecular complexity index is 237. The van der Waals surface area contributed by atoms with E-state index in [9.17, 15) is 0 Å². The second-order valence-corrected chi connectivity index (χ2v) is 4.86. The van der Waals surface area contributed by atoms with Crippen molar-refractivity contribution in [3.8, 4) is 0 Å². The van der Waals surface area contributed by atoms with Crippen LogP contribution in [-0.4, -0.2) is 43.1 Å². The minimum Gasteiger partial charge on any atom is -0.355 e. The summed E-state index contributed by atoms with van der Waals surface area (Å²) in [6.45, 7) is 6.08. The van der Waals surface area contributed by atoms with Crippen LogP contribution in [0.1, 0.15) is 39.5 Å². The van der Waals surface area contributed by atoms with E-state index in [0.717, 1.165) is 25.6 Å². The quantitative estimate of drug-likeness (QED) is 0.202. The van der Waals surface area contributed by atoms with Gasteiger partial charge in [0, 0.05) is 18.6 Å². The fourth-order valence-electron chi connectivity index (χ4n) is 1.73. The number of hydrazine groups is 1. The fourth-order valence-corrected chi connectivity index (χ4v) is 1.73. The lowest BCUT2D eigenvalue weighted by molar-refractivity contribution is 0.253. The molecule has 1 unspecified atom stereocenters. The monoisotopic (exact) mass is 241 g/mol. The summed E-state index contributed by atoms with van der Waals surface area (Å²) in [5.41, 5.74) is 2.62. The molecule has 1 rings (SSSR count). The molecule has 0 aromatic rings. The Morgan fingerprint density at radius 2 is 2.24 bits per heavy atom. The number of aliphatic imine (C=N–C) groups is 1. The van der Waals surface area contributed by atoms with Crippen LogP contribution in [0.2, 0.25) is 0 Å². The molecular formula is C12H27N5. The standard InChI is InChI=1S/C12H27N5/c1-4-5-8-14-12(16-13)15-9-10(2)17(3)11-6-7-11/h10-11H,4-9,13H2,1-3H3,(H2,14,15,16). The Kier molecular flexibility index (Phi) is 6.29. The van der Waals surface area contributed by atoms with Crippen LogP contribution in [-0.2, 0) is 0 Å². The average Bonchev–Trinajstić information content (AvgIpc) is 3.16. The van der Waals surface area contributed by atoms with Crippen LogP contribution in [0.3, 0.4) is 0 Å². The molecule has 0 amide bonds. The summed E-state index contributed by atoms with van der Waals surface area (Å²) in [5.74, 6) is 6.14. The Balaban J connectivity index is 2.26. The molecular weight excluding hydrogens is 214 g/mol. The van der Waals surface area contributed by atoms with Crippen molar-refractivity contribution in [2.45, 2.75) is 51.6 Å². The molecule has 0 aromatic heterocycles. The van der Waals surface area contributed by atoms with Gasteiger partial charge in [-0.1, -0.05) is 13.3 Å². The molecule has 4 N–H and O–H groups in total. The van der Waals surface area contributed by atoms with Crippen LogP contribution in [0.25, 0.3) is 0 Å². The molecule has 0 aliphatic heterocycles. The highest BCUT2D eigenvalue weighted by Crippen LogP contribution is 2.26. The Hall–Kier alpha value is -0.810. The first-order valence-corrected chi connectivity index (χ1v) is 6.65. The van der Waals surface area contributed by atoms with Crippen LogP contribution in [0.15, 0.2) is 4.99 Å². The van der Waals surface area contributed by atoms with Gasteiger partial charge in [-0.3, -0.25) is 15.3 Å². The molecule has 1 aliphatic carbocycles. The smallest absolute Gasteiger partial charge is 0.205 e. The zero-order valence-corrected chi connectivity index (χ0v) is 11.4. The van der Waals surface area contributed by atoms with Gasteiger partial charge in [-0.15, -0.1) is 0 Å². The molecule has 1 saturated carbocycles. The van der Waals surface area contributed by atoms with Gasteiger partial charge in [0.25, 0.3) is 0 Å². The predicted octanol–water partition coefficient (Wildman–Crippen LogP) is 0.678. The van der Waals surface area contributed by atoms with Gasteiger partial charge in [0.2, 0.25) is 5.96 Å². The summed E-state index contributed by atoms with van der Waals surface area (Å²) >= 11 is 0. The van der Waals surface area contributed by atoms with Gasteiger partial charge < -0.3 is 5.32 Å². The van der Waals surface area contributed by atoms with E-state index in [0.29, 0.717) is 12.0 Å². The van der Waals surface area contributed by atoms with E-state index in [1.165, 1.54) is 19.3 Å². The number of likely N-dealkylation sites (N-methyl/N-ethyl adjacent to an activating group) is 1. The lowest BCUT2D eigenvalue weighted by Gasteiger charge is -2.23. The van der Waals surface area contributed by atoms with Gasteiger partial charge in [0.15, 0.2) is 0 Å². The van der Waals surface area contributed by atoms with Crippen molar-refractivity contribution >= 4 is 5.96 Å². The molecule has 0 heterocycles. The van der Waals surface area contributed by atoms with Crippen molar-refractivity contribution in [3.05, 3.63) is 0 Å². The third kappa shape index (κ3) is 5.37. The van der Waals surface area contributed by atoms with E-state index >= 15 is 0 Å². The van der Waals surface area contributed by atoms with Crippen molar-refractivity contribution in [2.75, 3.05) is 20.1 Å². The largest absolute Gasteiger partial charge is 0.355 e. The van der Waals surface area contributed by atoms with Gasteiger partial charge in [0.1, 0.15) is 0 Å². The molecule has 0 spiro atoms. The van der Waals surface area contributed by atoms with E-state index in [-0.39, 0.29) is 0 Å². The molecule has 1 fully saturated rings. The number of nitrogens with zero attached hydrogens (tertiary/aromatic N) is 2. The van der Waals surface area contributed by atoms with E-state index < -0.39 is 0 Å². The summed E-state index contributed by atoms with van der Waals surface area (Å²) in [6, 6.07) is 1.25. The van der Waals surface area contributed by atoms with Crippen molar-refractivity contribution < 1.29 is 0 Å². The van der Waals surface area contributed by atoms with Crippen molar-refractivity contribution in [1.82, 2.24) is 15.6 Å². The molecule has 0 radical (unpaired) electrons. The summed E-state index contributed by atoms with van der Waals surface area (Å²) in [5, 5.41) is 3.20. The Labute approximate surface area is 105 Å². The first-order chi connectivity index (χ1) is 8.19. The van der Waals surface area contributed by atoms with E-state index in [2.05, 4.69) is 41.5 Å². The molecule has 5 nitrogen and oxygen atoms in total. The highest BCUT2D eigenvalue weighted by molar-refractivity contribution is 5.79. The second kappa shape index (κ2) is 7.50. The third-order valence-corrected chi connectivity index (χ3v) is 3.29. The van der Waals surface area contributed by atoms with Gasteiger partial charge in [-0.05, 0) is 33.2 Å². The molecule has 5 heteroatoms. The Morgan fingerprint density at radius 3 is 2.76 bits per heavy atom. The van der Waals surface area contributed by atoms with Gasteiger partial charge in [0.05, 0.1) is 6.54 Å². The van der Waals surface area contributed by atoms with E-state index in [1.54, 1.807) is 0 Å². The average molecular weight is 241 g/mol. The third-order valence-electron chi connectivity index (χ3n) is 3.29. The highest BCUT2D eigenvalue weighted by atomic mass is 15.3. The molecule has 100 valence electrons. The molecule has 0 aromatic carbocycles. The van der Waals surface area contributed by atoms with Gasteiger partial charge in [-0.2, -0.15) is 0 Å². The summed E-state index contributed by atoms with van der Waals surface area (Å²) in [6.07, 6.45) is 4.98. The molecule has 17 heavy (non-hydrogen) atoms. The van der Waals surface area contributed by atoms with E-state index in [1.807, 2.05) is 0 Å². The minimum absolute atomic E-state index is 0.471. The number of guanidine groups is 1. The van der Waals surface area contributed by atoms with Crippen molar-refractivity contribution in [3.63, 3.8) is 0 Å². The zero-order chi connectivity index (χ0) is 12.7. The predicted molar refractivity (Wildman–Crippen MR) is 72.8 cm³/mol. The molecule has 1 aliphatic rings. The van der Waals surface area contributed by atoms with Gasteiger partial charge >= 0.3 is 0 Å². The SMILES string of the molecule is CCCCNC(=NCC(C)N(C)C1CC1)NN. The number of nitrogens with one attached hydrogen (secondary N) is 2. The maximum Gasteiger partial charge on any atom is 0.205 e. The van der Waals surface area contributed by atoms with Crippen molar-refractivity contribution in [1.29, 1.82) is 0 Å².